The first-order valence-electron chi connectivity index (χ1n) is 10.8. The number of piperidine rings is 1. The van der Waals surface area contributed by atoms with E-state index in [9.17, 15) is 4.79 Å². The number of carbonyl (C=O) groups excluding carboxylic acids is 1. The molecule has 0 spiro atoms. The SMILES string of the molecule is COc1ccc(NC(=O)N2CCC(=Cc3cccc(Oc4ncc(C)cn4)c3)C(C)C2)cn1. The van der Waals surface area contributed by atoms with E-state index in [2.05, 4.69) is 33.3 Å². The maximum absolute atomic E-state index is 12.7. The number of rotatable bonds is 5. The zero-order valence-corrected chi connectivity index (χ0v) is 19.0. The molecule has 1 aromatic carbocycles. The number of aryl methyl sites for hydroxylation is 1. The Kier molecular flexibility index (Phi) is 6.83. The number of likely N-dealkylation sites (tertiary alicyclic amines) is 1. The molecule has 2 aromatic heterocycles. The van der Waals surface area contributed by atoms with Gasteiger partial charge in [0.15, 0.2) is 0 Å². The Morgan fingerprint density at radius 3 is 2.67 bits per heavy atom. The molecule has 170 valence electrons. The number of anilines is 1. The van der Waals surface area contributed by atoms with Crippen molar-refractivity contribution in [1.29, 1.82) is 0 Å². The molecule has 4 rings (SSSR count). The molecule has 8 nitrogen and oxygen atoms in total. The fourth-order valence-corrected chi connectivity index (χ4v) is 3.65. The smallest absolute Gasteiger partial charge is 0.321 e. The molecule has 1 aliphatic rings. The van der Waals surface area contributed by atoms with Gasteiger partial charge in [0.05, 0.1) is 19.0 Å². The van der Waals surface area contributed by atoms with E-state index in [1.54, 1.807) is 37.8 Å². The van der Waals surface area contributed by atoms with E-state index in [-0.39, 0.29) is 11.9 Å². The first kappa shape index (κ1) is 22.3. The van der Waals surface area contributed by atoms with Crippen LogP contribution < -0.4 is 14.8 Å². The third-order valence-electron chi connectivity index (χ3n) is 5.46. The van der Waals surface area contributed by atoms with Crippen LogP contribution in [0.1, 0.15) is 24.5 Å². The zero-order chi connectivity index (χ0) is 23.2. The van der Waals surface area contributed by atoms with Crippen LogP contribution in [0.5, 0.6) is 17.6 Å². The molecule has 1 N–H and O–H groups in total. The van der Waals surface area contributed by atoms with Crippen molar-refractivity contribution in [2.24, 2.45) is 5.92 Å². The van der Waals surface area contributed by atoms with Gasteiger partial charge in [0.1, 0.15) is 5.75 Å². The van der Waals surface area contributed by atoms with Gasteiger partial charge < -0.3 is 19.7 Å². The number of aromatic nitrogens is 3. The Bertz CT molecular complexity index is 1130. The van der Waals surface area contributed by atoms with Gasteiger partial charge in [0.25, 0.3) is 0 Å². The predicted molar refractivity (Wildman–Crippen MR) is 126 cm³/mol. The minimum absolute atomic E-state index is 0.124. The number of hydrogen-bond acceptors (Lipinski definition) is 6. The van der Waals surface area contributed by atoms with Crippen molar-refractivity contribution < 1.29 is 14.3 Å². The Labute approximate surface area is 193 Å². The van der Waals surface area contributed by atoms with Gasteiger partial charge in [-0.15, -0.1) is 0 Å². The van der Waals surface area contributed by atoms with E-state index in [1.807, 2.05) is 36.1 Å². The highest BCUT2D eigenvalue weighted by molar-refractivity contribution is 5.89. The lowest BCUT2D eigenvalue weighted by molar-refractivity contribution is 0.198. The van der Waals surface area contributed by atoms with Gasteiger partial charge in [0.2, 0.25) is 5.88 Å². The summed E-state index contributed by atoms with van der Waals surface area (Å²) in [7, 11) is 1.56. The number of carbonyl (C=O) groups is 1. The van der Waals surface area contributed by atoms with Gasteiger partial charge in [-0.1, -0.05) is 30.7 Å². The van der Waals surface area contributed by atoms with Gasteiger partial charge in [-0.25, -0.2) is 19.7 Å². The van der Waals surface area contributed by atoms with Crippen LogP contribution in [0.3, 0.4) is 0 Å². The summed E-state index contributed by atoms with van der Waals surface area (Å²) in [4.78, 5) is 27.0. The molecule has 3 heterocycles. The molecule has 1 unspecified atom stereocenters. The quantitative estimate of drug-likeness (QED) is 0.598. The summed E-state index contributed by atoms with van der Waals surface area (Å²) in [5.74, 6) is 1.43. The van der Waals surface area contributed by atoms with Crippen LogP contribution in [0, 0.1) is 12.8 Å². The summed E-state index contributed by atoms with van der Waals surface area (Å²) in [5.41, 5.74) is 3.97. The highest BCUT2D eigenvalue weighted by Crippen LogP contribution is 2.27. The summed E-state index contributed by atoms with van der Waals surface area (Å²) >= 11 is 0. The normalized spacial score (nSPS) is 17.0. The van der Waals surface area contributed by atoms with Crippen LogP contribution >= 0.6 is 0 Å². The summed E-state index contributed by atoms with van der Waals surface area (Å²) in [6.07, 6.45) is 8.03. The first-order valence-corrected chi connectivity index (χ1v) is 10.8. The molecule has 33 heavy (non-hydrogen) atoms. The molecule has 0 radical (unpaired) electrons. The average Bonchev–Trinajstić information content (AvgIpc) is 2.82. The maximum Gasteiger partial charge on any atom is 0.321 e. The highest BCUT2D eigenvalue weighted by atomic mass is 16.5. The summed E-state index contributed by atoms with van der Waals surface area (Å²) in [6.45, 7) is 5.37. The Morgan fingerprint density at radius 1 is 1.15 bits per heavy atom. The lowest BCUT2D eigenvalue weighted by atomic mass is 9.91. The van der Waals surface area contributed by atoms with Gasteiger partial charge in [0, 0.05) is 31.5 Å². The molecule has 1 fully saturated rings. The molecule has 1 saturated heterocycles. The predicted octanol–water partition coefficient (Wildman–Crippen LogP) is 4.94. The topological polar surface area (TPSA) is 89.5 Å². The molecule has 8 heteroatoms. The van der Waals surface area contributed by atoms with Crippen molar-refractivity contribution >= 4 is 17.8 Å². The van der Waals surface area contributed by atoms with Crippen molar-refractivity contribution in [2.45, 2.75) is 20.3 Å². The minimum atomic E-state index is -0.124. The van der Waals surface area contributed by atoms with E-state index < -0.39 is 0 Å². The molecule has 0 bridgehead atoms. The second-order valence-electron chi connectivity index (χ2n) is 8.05. The lowest BCUT2D eigenvalue weighted by Gasteiger charge is -2.33. The Balaban J connectivity index is 1.37. The summed E-state index contributed by atoms with van der Waals surface area (Å²) in [6, 6.07) is 11.5. The second kappa shape index (κ2) is 10.1. The van der Waals surface area contributed by atoms with Crippen LogP contribution in [0.25, 0.3) is 6.08 Å². The number of amides is 2. The van der Waals surface area contributed by atoms with E-state index in [0.717, 1.165) is 17.5 Å². The average molecular weight is 446 g/mol. The van der Waals surface area contributed by atoms with Gasteiger partial charge in [-0.3, -0.25) is 0 Å². The van der Waals surface area contributed by atoms with Crippen LogP contribution in [-0.2, 0) is 0 Å². The minimum Gasteiger partial charge on any atom is -0.481 e. The van der Waals surface area contributed by atoms with Crippen molar-refractivity contribution in [1.82, 2.24) is 19.9 Å². The first-order chi connectivity index (χ1) is 16.0. The van der Waals surface area contributed by atoms with Gasteiger partial charge in [-0.05, 0) is 48.6 Å². The van der Waals surface area contributed by atoms with Crippen LogP contribution in [0.2, 0.25) is 0 Å². The Hall–Kier alpha value is -3.94. The van der Waals surface area contributed by atoms with Gasteiger partial charge >= 0.3 is 12.0 Å². The number of ether oxygens (including phenoxy) is 2. The van der Waals surface area contributed by atoms with Crippen LogP contribution in [-0.4, -0.2) is 46.1 Å². The largest absolute Gasteiger partial charge is 0.481 e. The van der Waals surface area contributed by atoms with Crippen molar-refractivity contribution in [3.05, 3.63) is 71.7 Å². The van der Waals surface area contributed by atoms with Crippen LogP contribution in [0.4, 0.5) is 10.5 Å². The number of benzene rings is 1. The third kappa shape index (κ3) is 5.85. The molecule has 0 saturated carbocycles. The Morgan fingerprint density at radius 2 is 1.97 bits per heavy atom. The fourth-order valence-electron chi connectivity index (χ4n) is 3.65. The number of nitrogens with one attached hydrogen (secondary N) is 1. The fraction of sp³-hybridized carbons (Fsp3) is 0.280. The number of nitrogens with zero attached hydrogens (tertiary/aromatic N) is 4. The molecule has 0 aliphatic carbocycles. The standard InChI is InChI=1S/C25H27N5O3/c1-17-13-27-24(28-14-17)33-22-6-4-5-19(12-22)11-20-9-10-30(16-18(20)2)25(31)29-21-7-8-23(32-3)26-15-21/h4-8,11-15,18H,9-10,16H2,1-3H3,(H,29,31). The third-order valence-corrected chi connectivity index (χ3v) is 5.46. The van der Waals surface area contributed by atoms with Crippen molar-refractivity contribution in [3.63, 3.8) is 0 Å². The molecular weight excluding hydrogens is 418 g/mol. The monoisotopic (exact) mass is 445 g/mol. The number of methoxy groups -OCH3 is 1. The second-order valence-corrected chi connectivity index (χ2v) is 8.05. The molecular formula is C25H27N5O3. The van der Waals surface area contributed by atoms with E-state index in [0.29, 0.717) is 36.4 Å². The van der Waals surface area contributed by atoms with Crippen molar-refractivity contribution in [3.8, 4) is 17.6 Å². The number of hydrogen-bond donors (Lipinski definition) is 1. The lowest BCUT2D eigenvalue weighted by Crippen LogP contribution is -2.42. The summed E-state index contributed by atoms with van der Waals surface area (Å²) in [5, 5.41) is 2.90. The maximum atomic E-state index is 12.7. The number of pyridine rings is 1. The van der Waals surface area contributed by atoms with Gasteiger partial charge in [-0.2, -0.15) is 0 Å². The molecule has 3 aromatic rings. The molecule has 2 amide bonds. The molecule has 1 aliphatic heterocycles. The highest BCUT2D eigenvalue weighted by Gasteiger charge is 2.24. The van der Waals surface area contributed by atoms with E-state index >= 15 is 0 Å². The van der Waals surface area contributed by atoms with E-state index in [1.165, 1.54) is 5.57 Å². The van der Waals surface area contributed by atoms with E-state index in [4.69, 9.17) is 9.47 Å². The van der Waals surface area contributed by atoms with Crippen molar-refractivity contribution in [2.75, 3.05) is 25.5 Å². The number of urea groups is 1. The summed E-state index contributed by atoms with van der Waals surface area (Å²) < 4.78 is 10.8. The molecule has 1 atom stereocenters. The zero-order valence-electron chi connectivity index (χ0n) is 19.0. The van der Waals surface area contributed by atoms with Crippen LogP contribution in [0.15, 0.2) is 60.6 Å².